The summed E-state index contributed by atoms with van der Waals surface area (Å²) in [6.07, 6.45) is 0.297. The smallest absolute Gasteiger partial charge is 0.306 e. The van der Waals surface area contributed by atoms with Gasteiger partial charge < -0.3 is 15.3 Å². The van der Waals surface area contributed by atoms with Crippen molar-refractivity contribution in [3.05, 3.63) is 0 Å². The van der Waals surface area contributed by atoms with E-state index in [2.05, 4.69) is 0 Å². The zero-order valence-corrected chi connectivity index (χ0v) is 8.68. The van der Waals surface area contributed by atoms with E-state index in [-0.39, 0.29) is 19.3 Å². The van der Waals surface area contributed by atoms with Gasteiger partial charge in [-0.15, -0.1) is 0 Å². The molecule has 1 saturated carbocycles. The lowest BCUT2D eigenvalue weighted by Gasteiger charge is -2.25. The lowest BCUT2D eigenvalue weighted by Crippen LogP contribution is -2.26. The second-order valence-electron chi connectivity index (χ2n) is 4.42. The first-order valence-electron chi connectivity index (χ1n) is 5.01. The highest BCUT2D eigenvalue weighted by Gasteiger charge is 2.44. The van der Waals surface area contributed by atoms with Crippen LogP contribution < -0.4 is 0 Å². The molecule has 1 aliphatic rings. The van der Waals surface area contributed by atoms with Gasteiger partial charge in [0, 0.05) is 0 Å². The Morgan fingerprint density at radius 2 is 1.56 bits per heavy atom. The summed E-state index contributed by atoms with van der Waals surface area (Å²) in [5, 5.41) is 26.3. The highest BCUT2D eigenvalue weighted by Crippen LogP contribution is 2.47. The van der Waals surface area contributed by atoms with Crippen LogP contribution in [0.15, 0.2) is 0 Å². The number of carboxylic acid groups (broad SMARTS) is 3. The van der Waals surface area contributed by atoms with Gasteiger partial charge in [-0.2, -0.15) is 0 Å². The average Bonchev–Trinajstić information content (AvgIpc) is 2.46. The van der Waals surface area contributed by atoms with Crippen molar-refractivity contribution < 1.29 is 29.7 Å². The second-order valence-corrected chi connectivity index (χ2v) is 4.42. The summed E-state index contributed by atoms with van der Waals surface area (Å²) < 4.78 is 0. The molecule has 0 aromatic heterocycles. The van der Waals surface area contributed by atoms with E-state index in [0.717, 1.165) is 0 Å². The van der Waals surface area contributed by atoms with Gasteiger partial charge in [0.1, 0.15) is 0 Å². The van der Waals surface area contributed by atoms with E-state index in [1.54, 1.807) is 0 Å². The predicted molar refractivity (Wildman–Crippen MR) is 51.9 cm³/mol. The van der Waals surface area contributed by atoms with Gasteiger partial charge in [-0.05, 0) is 24.7 Å². The Bertz CT molecular complexity index is 305. The Balaban J connectivity index is 2.77. The van der Waals surface area contributed by atoms with Crippen molar-refractivity contribution in [2.24, 2.45) is 11.3 Å². The number of aliphatic carboxylic acids is 3. The molecule has 0 heterocycles. The van der Waals surface area contributed by atoms with Crippen LogP contribution >= 0.6 is 0 Å². The second kappa shape index (κ2) is 4.51. The van der Waals surface area contributed by atoms with Crippen LogP contribution in [-0.2, 0) is 14.4 Å². The number of hydrogen-bond acceptors (Lipinski definition) is 3. The topological polar surface area (TPSA) is 112 Å². The molecule has 0 aromatic carbocycles. The molecular weight excluding hydrogens is 216 g/mol. The minimum atomic E-state index is -1.08. The molecule has 0 radical (unpaired) electrons. The number of carbonyl (C=O) groups is 3. The van der Waals surface area contributed by atoms with E-state index in [1.807, 2.05) is 0 Å². The molecule has 1 aliphatic carbocycles. The summed E-state index contributed by atoms with van der Waals surface area (Å²) in [5.74, 6) is -3.74. The van der Waals surface area contributed by atoms with Crippen LogP contribution in [-0.4, -0.2) is 33.2 Å². The fourth-order valence-electron chi connectivity index (χ4n) is 2.44. The van der Waals surface area contributed by atoms with Crippen LogP contribution in [0.3, 0.4) is 0 Å². The van der Waals surface area contributed by atoms with Crippen LogP contribution in [0.25, 0.3) is 0 Å². The summed E-state index contributed by atoms with van der Waals surface area (Å²) in [6.45, 7) is 0. The first-order chi connectivity index (χ1) is 7.34. The Labute approximate surface area is 91.9 Å². The molecule has 6 nitrogen and oxygen atoms in total. The van der Waals surface area contributed by atoms with Crippen LogP contribution in [0.1, 0.15) is 32.1 Å². The number of hydrogen-bond donors (Lipinski definition) is 3. The third kappa shape index (κ3) is 2.95. The summed E-state index contributed by atoms with van der Waals surface area (Å²) in [4.78, 5) is 32.1. The van der Waals surface area contributed by atoms with Crippen molar-refractivity contribution in [1.82, 2.24) is 0 Å². The molecule has 1 fully saturated rings. The maximum atomic E-state index is 10.8. The molecule has 0 spiro atoms. The molecule has 1 atom stereocenters. The van der Waals surface area contributed by atoms with Gasteiger partial charge in [0.15, 0.2) is 0 Å². The molecule has 0 bridgehead atoms. The Kier molecular flexibility index (Phi) is 3.51. The van der Waals surface area contributed by atoms with Gasteiger partial charge >= 0.3 is 17.9 Å². The van der Waals surface area contributed by atoms with Crippen molar-refractivity contribution in [2.75, 3.05) is 0 Å². The minimum absolute atomic E-state index is 0.140. The van der Waals surface area contributed by atoms with Crippen molar-refractivity contribution in [3.63, 3.8) is 0 Å². The van der Waals surface area contributed by atoms with E-state index >= 15 is 0 Å². The molecule has 90 valence electrons. The quantitative estimate of drug-likeness (QED) is 0.644. The molecule has 0 aromatic rings. The molecule has 3 N–H and O–H groups in total. The normalized spacial score (nSPS) is 22.9. The fourth-order valence-corrected chi connectivity index (χ4v) is 2.44. The molecule has 6 heteroatoms. The van der Waals surface area contributed by atoms with Crippen LogP contribution in [0.5, 0.6) is 0 Å². The lowest BCUT2D eigenvalue weighted by molar-refractivity contribution is -0.146. The van der Waals surface area contributed by atoms with E-state index in [4.69, 9.17) is 15.3 Å². The van der Waals surface area contributed by atoms with Crippen molar-refractivity contribution in [3.8, 4) is 0 Å². The molecule has 1 rings (SSSR count). The van der Waals surface area contributed by atoms with Gasteiger partial charge in [-0.25, -0.2) is 0 Å². The Morgan fingerprint density at radius 3 is 1.88 bits per heavy atom. The summed E-state index contributed by atoms with van der Waals surface area (Å²) in [7, 11) is 0. The molecule has 16 heavy (non-hydrogen) atoms. The monoisotopic (exact) mass is 230 g/mol. The Hall–Kier alpha value is -1.59. The zero-order chi connectivity index (χ0) is 12.3. The standard InChI is InChI=1S/C10H14O6/c11-7(12)4-10(5-8(13)14)2-1-6(3-10)9(15)16/h6H,1-5H2,(H,11,12)(H,13,14)(H,15,16). The van der Waals surface area contributed by atoms with E-state index in [0.29, 0.717) is 12.8 Å². The van der Waals surface area contributed by atoms with E-state index < -0.39 is 29.2 Å². The maximum Gasteiger partial charge on any atom is 0.306 e. The number of carboxylic acids is 3. The molecule has 0 aliphatic heterocycles. The van der Waals surface area contributed by atoms with Crippen LogP contribution in [0.2, 0.25) is 0 Å². The SMILES string of the molecule is O=C(O)CC1(CC(=O)O)CCC(C(=O)O)C1. The summed E-state index contributed by atoms with van der Waals surface area (Å²) in [6, 6.07) is 0. The van der Waals surface area contributed by atoms with Crippen molar-refractivity contribution >= 4 is 17.9 Å². The van der Waals surface area contributed by atoms with Gasteiger partial charge in [-0.1, -0.05) is 0 Å². The first kappa shape index (κ1) is 12.5. The first-order valence-corrected chi connectivity index (χ1v) is 5.01. The number of rotatable bonds is 5. The lowest BCUT2D eigenvalue weighted by atomic mass is 9.79. The minimum Gasteiger partial charge on any atom is -0.481 e. The van der Waals surface area contributed by atoms with E-state index in [9.17, 15) is 14.4 Å². The summed E-state index contributed by atoms with van der Waals surface area (Å²) in [5.41, 5.74) is -0.888. The summed E-state index contributed by atoms with van der Waals surface area (Å²) >= 11 is 0. The third-order valence-corrected chi connectivity index (χ3v) is 3.10. The molecule has 1 unspecified atom stereocenters. The molecule has 0 saturated heterocycles. The van der Waals surface area contributed by atoms with Crippen molar-refractivity contribution in [1.29, 1.82) is 0 Å². The maximum absolute atomic E-state index is 10.8. The van der Waals surface area contributed by atoms with E-state index in [1.165, 1.54) is 0 Å². The Morgan fingerprint density at radius 1 is 1.06 bits per heavy atom. The highest BCUT2D eigenvalue weighted by atomic mass is 16.4. The van der Waals surface area contributed by atoms with Gasteiger partial charge in [-0.3, -0.25) is 14.4 Å². The fraction of sp³-hybridized carbons (Fsp3) is 0.700. The zero-order valence-electron chi connectivity index (χ0n) is 8.68. The molecular formula is C10H14O6. The van der Waals surface area contributed by atoms with Crippen LogP contribution in [0.4, 0.5) is 0 Å². The van der Waals surface area contributed by atoms with Gasteiger partial charge in [0.25, 0.3) is 0 Å². The highest BCUT2D eigenvalue weighted by molar-refractivity contribution is 5.74. The predicted octanol–water partition coefficient (Wildman–Crippen LogP) is 0.807. The molecule has 0 amide bonds. The van der Waals surface area contributed by atoms with Crippen molar-refractivity contribution in [2.45, 2.75) is 32.1 Å². The van der Waals surface area contributed by atoms with Crippen LogP contribution in [0, 0.1) is 11.3 Å². The largest absolute Gasteiger partial charge is 0.481 e. The average molecular weight is 230 g/mol. The third-order valence-electron chi connectivity index (χ3n) is 3.10. The van der Waals surface area contributed by atoms with Gasteiger partial charge in [0.2, 0.25) is 0 Å². The van der Waals surface area contributed by atoms with Gasteiger partial charge in [0.05, 0.1) is 18.8 Å².